The molecule has 158 valence electrons. The van der Waals surface area contributed by atoms with Gasteiger partial charge in [-0.05, 0) is 29.3 Å². The van der Waals surface area contributed by atoms with Crippen molar-refractivity contribution in [3.8, 4) is 0 Å². The molecule has 0 radical (unpaired) electrons. The van der Waals surface area contributed by atoms with E-state index in [4.69, 9.17) is 4.42 Å². The van der Waals surface area contributed by atoms with Gasteiger partial charge in [0.25, 0.3) is 5.91 Å². The van der Waals surface area contributed by atoms with Gasteiger partial charge in [0.2, 0.25) is 0 Å². The lowest BCUT2D eigenvalue weighted by Gasteiger charge is -2.08. The van der Waals surface area contributed by atoms with Crippen LogP contribution in [0.3, 0.4) is 0 Å². The van der Waals surface area contributed by atoms with Crippen LogP contribution in [0.15, 0.2) is 88.9 Å². The second-order valence-electron chi connectivity index (χ2n) is 6.94. The van der Waals surface area contributed by atoms with Gasteiger partial charge in [-0.1, -0.05) is 42.5 Å². The van der Waals surface area contributed by atoms with E-state index in [1.54, 1.807) is 29.2 Å². The zero-order valence-electron chi connectivity index (χ0n) is 16.5. The van der Waals surface area contributed by atoms with Crippen LogP contribution in [0, 0.1) is 0 Å². The molecular weight excluding hydrogens is 416 g/mol. The summed E-state index contributed by atoms with van der Waals surface area (Å²) in [5.41, 5.74) is 2.28. The summed E-state index contributed by atoms with van der Waals surface area (Å²) in [4.78, 5) is 16.7. The number of nitrogens with zero attached hydrogens (tertiary/aromatic N) is 3. The molecule has 0 bridgehead atoms. The third-order valence-electron chi connectivity index (χ3n) is 4.69. The molecule has 0 atom stereocenters. The van der Waals surface area contributed by atoms with E-state index in [-0.39, 0.29) is 23.0 Å². The summed E-state index contributed by atoms with van der Waals surface area (Å²) in [6.07, 6.45) is 4.45. The van der Waals surface area contributed by atoms with Gasteiger partial charge in [0.15, 0.2) is 15.6 Å². The predicted octanol–water partition coefficient (Wildman–Crippen LogP) is 2.82. The first kappa shape index (κ1) is 20.5. The Kier molecular flexibility index (Phi) is 5.94. The highest BCUT2D eigenvalue weighted by molar-refractivity contribution is 7.90. The number of sulfone groups is 1. The number of amides is 1. The maximum Gasteiger partial charge on any atom is 0.287 e. The molecule has 2 aromatic heterocycles. The molecule has 0 unspecified atom stereocenters. The minimum Gasteiger partial charge on any atom is -0.459 e. The summed E-state index contributed by atoms with van der Waals surface area (Å²) in [5, 5.41) is 6.85. The molecule has 0 fully saturated rings. The highest BCUT2D eigenvalue weighted by Gasteiger charge is 2.22. The van der Waals surface area contributed by atoms with Gasteiger partial charge in [-0.2, -0.15) is 5.10 Å². The van der Waals surface area contributed by atoms with Gasteiger partial charge in [0, 0.05) is 12.1 Å². The minimum absolute atomic E-state index is 0.00214. The Morgan fingerprint density at radius 2 is 1.74 bits per heavy atom. The first-order chi connectivity index (χ1) is 15.0. The topological polar surface area (TPSA) is 107 Å². The Morgan fingerprint density at radius 3 is 2.45 bits per heavy atom. The van der Waals surface area contributed by atoms with Crippen molar-refractivity contribution in [2.75, 3.05) is 0 Å². The molecule has 4 aromatic rings. The van der Waals surface area contributed by atoms with Crippen molar-refractivity contribution in [1.29, 1.82) is 0 Å². The first-order valence-electron chi connectivity index (χ1n) is 9.54. The molecule has 31 heavy (non-hydrogen) atoms. The lowest BCUT2D eigenvalue weighted by molar-refractivity contribution is 0.0922. The highest BCUT2D eigenvalue weighted by Crippen LogP contribution is 2.20. The fraction of sp³-hybridized carbons (Fsp3) is 0.136. The second kappa shape index (κ2) is 8.97. The van der Waals surface area contributed by atoms with Crippen molar-refractivity contribution in [3.05, 3.63) is 102 Å². The van der Waals surface area contributed by atoms with E-state index in [1.165, 1.54) is 30.8 Å². The maximum atomic E-state index is 12.6. The van der Waals surface area contributed by atoms with Crippen LogP contribution in [0.25, 0.3) is 0 Å². The Morgan fingerprint density at radius 1 is 1.00 bits per heavy atom. The number of aromatic nitrogens is 3. The number of carbonyl (C=O) groups is 1. The zero-order chi connectivity index (χ0) is 21.7. The SMILES string of the molecule is O=C(NCc1ccc(Cn2cncn2)cc1)c1occc1CS(=O)(=O)c1ccccc1. The lowest BCUT2D eigenvalue weighted by Crippen LogP contribution is -2.23. The van der Waals surface area contributed by atoms with E-state index in [0.29, 0.717) is 12.1 Å². The van der Waals surface area contributed by atoms with Crippen LogP contribution < -0.4 is 5.32 Å². The molecule has 0 saturated carbocycles. The summed E-state index contributed by atoms with van der Waals surface area (Å²) < 4.78 is 32.2. The Labute approximate surface area is 179 Å². The van der Waals surface area contributed by atoms with Gasteiger partial charge in [0.1, 0.15) is 12.7 Å². The fourth-order valence-electron chi connectivity index (χ4n) is 3.09. The molecule has 1 amide bonds. The van der Waals surface area contributed by atoms with E-state index >= 15 is 0 Å². The molecule has 0 spiro atoms. The van der Waals surface area contributed by atoms with Crippen molar-refractivity contribution in [2.24, 2.45) is 0 Å². The van der Waals surface area contributed by atoms with Gasteiger partial charge in [-0.3, -0.25) is 4.79 Å². The minimum atomic E-state index is -3.58. The van der Waals surface area contributed by atoms with E-state index in [2.05, 4.69) is 15.4 Å². The zero-order valence-corrected chi connectivity index (χ0v) is 17.3. The quantitative estimate of drug-likeness (QED) is 0.455. The number of hydrogen-bond acceptors (Lipinski definition) is 6. The number of nitrogens with one attached hydrogen (secondary N) is 1. The van der Waals surface area contributed by atoms with Gasteiger partial charge in [0.05, 0.1) is 23.5 Å². The van der Waals surface area contributed by atoms with Crippen molar-refractivity contribution < 1.29 is 17.6 Å². The molecule has 2 aromatic carbocycles. The summed E-state index contributed by atoms with van der Waals surface area (Å²) in [7, 11) is -3.58. The average molecular weight is 436 g/mol. The monoisotopic (exact) mass is 436 g/mol. The largest absolute Gasteiger partial charge is 0.459 e. The van der Waals surface area contributed by atoms with Crippen LogP contribution in [0.1, 0.15) is 27.2 Å². The molecule has 0 saturated heterocycles. The van der Waals surface area contributed by atoms with E-state index in [1.807, 2.05) is 24.3 Å². The number of benzene rings is 2. The smallest absolute Gasteiger partial charge is 0.287 e. The van der Waals surface area contributed by atoms with Crippen molar-refractivity contribution in [1.82, 2.24) is 20.1 Å². The average Bonchev–Trinajstić information content (AvgIpc) is 3.45. The van der Waals surface area contributed by atoms with Crippen molar-refractivity contribution >= 4 is 15.7 Å². The highest BCUT2D eigenvalue weighted by atomic mass is 32.2. The van der Waals surface area contributed by atoms with E-state index in [0.717, 1.165) is 11.1 Å². The Bertz CT molecular complexity index is 1250. The van der Waals surface area contributed by atoms with Crippen molar-refractivity contribution in [3.63, 3.8) is 0 Å². The van der Waals surface area contributed by atoms with Crippen LogP contribution in [-0.2, 0) is 28.7 Å². The number of carbonyl (C=O) groups excluding carboxylic acids is 1. The van der Waals surface area contributed by atoms with Crippen LogP contribution in [0.4, 0.5) is 0 Å². The normalized spacial score (nSPS) is 11.4. The Balaban J connectivity index is 1.38. The molecule has 0 aliphatic carbocycles. The first-order valence-corrected chi connectivity index (χ1v) is 11.2. The molecule has 0 aliphatic heterocycles. The van der Waals surface area contributed by atoms with Gasteiger partial charge in [-0.25, -0.2) is 18.1 Å². The molecular formula is C22H20N4O4S. The molecule has 2 heterocycles. The fourth-order valence-corrected chi connectivity index (χ4v) is 4.47. The van der Waals surface area contributed by atoms with Crippen LogP contribution in [0.5, 0.6) is 0 Å². The van der Waals surface area contributed by atoms with Gasteiger partial charge >= 0.3 is 0 Å². The Hall–Kier alpha value is -3.72. The molecule has 0 aliphatic rings. The maximum absolute atomic E-state index is 12.6. The number of furan rings is 1. The van der Waals surface area contributed by atoms with Crippen LogP contribution in [0.2, 0.25) is 0 Å². The van der Waals surface area contributed by atoms with Crippen LogP contribution >= 0.6 is 0 Å². The standard InChI is InChI=1S/C22H20N4O4S/c27-22(24-12-17-6-8-18(9-7-17)13-26-16-23-15-25-26)21-19(10-11-30-21)14-31(28,29)20-4-2-1-3-5-20/h1-11,15-16H,12-14H2,(H,24,27). The summed E-state index contributed by atoms with van der Waals surface area (Å²) >= 11 is 0. The lowest BCUT2D eigenvalue weighted by atomic mass is 10.1. The summed E-state index contributed by atoms with van der Waals surface area (Å²) in [6, 6.07) is 17.4. The van der Waals surface area contributed by atoms with Crippen molar-refractivity contribution in [2.45, 2.75) is 23.7 Å². The van der Waals surface area contributed by atoms with E-state index < -0.39 is 15.7 Å². The molecule has 8 nitrogen and oxygen atoms in total. The summed E-state index contributed by atoms with van der Waals surface area (Å²) in [6.45, 7) is 0.895. The van der Waals surface area contributed by atoms with Crippen LogP contribution in [-0.4, -0.2) is 29.1 Å². The number of rotatable bonds is 8. The predicted molar refractivity (Wildman–Crippen MR) is 113 cm³/mol. The second-order valence-corrected chi connectivity index (χ2v) is 8.93. The molecule has 9 heteroatoms. The third-order valence-corrected chi connectivity index (χ3v) is 6.37. The van der Waals surface area contributed by atoms with Gasteiger partial charge < -0.3 is 9.73 Å². The molecule has 1 N–H and O–H groups in total. The van der Waals surface area contributed by atoms with Gasteiger partial charge in [-0.15, -0.1) is 0 Å². The number of hydrogen-bond donors (Lipinski definition) is 1. The van der Waals surface area contributed by atoms with E-state index in [9.17, 15) is 13.2 Å². The third kappa shape index (κ3) is 5.07. The molecule has 4 rings (SSSR count). The summed E-state index contributed by atoms with van der Waals surface area (Å²) in [5.74, 6) is -0.773.